The van der Waals surface area contributed by atoms with Gasteiger partial charge in [-0.05, 0) is 31.9 Å². The number of amides is 1. The lowest BCUT2D eigenvalue weighted by atomic mass is 9.95. The molecule has 1 fully saturated rings. The first-order valence-corrected chi connectivity index (χ1v) is 10.1. The van der Waals surface area contributed by atoms with E-state index in [9.17, 15) is 27.9 Å². The molecule has 1 aromatic heterocycles. The number of piperidine rings is 1. The van der Waals surface area contributed by atoms with Crippen molar-refractivity contribution in [2.24, 2.45) is 5.92 Å². The van der Waals surface area contributed by atoms with Crippen LogP contribution in [0, 0.1) is 5.92 Å². The number of alkyl halides is 3. The van der Waals surface area contributed by atoms with E-state index in [0.29, 0.717) is 34.4 Å². The predicted molar refractivity (Wildman–Crippen MR) is 100 cm³/mol. The van der Waals surface area contributed by atoms with E-state index < -0.39 is 41.0 Å². The average Bonchev–Trinajstić information content (AvgIpc) is 3.12. The van der Waals surface area contributed by atoms with Crippen molar-refractivity contribution in [2.45, 2.75) is 38.0 Å². The first-order chi connectivity index (χ1) is 13.7. The molecule has 0 bridgehead atoms. The lowest BCUT2D eigenvalue weighted by molar-refractivity contribution is -0.268. The first kappa shape index (κ1) is 21.5. The van der Waals surface area contributed by atoms with Crippen molar-refractivity contribution in [3.63, 3.8) is 0 Å². The summed E-state index contributed by atoms with van der Waals surface area (Å²) in [6, 6.07) is 6.43. The predicted octanol–water partition coefficient (Wildman–Crippen LogP) is 3.24. The highest BCUT2D eigenvalue weighted by Crippen LogP contribution is 2.44. The molecule has 1 aromatic carbocycles. The van der Waals surface area contributed by atoms with Crippen LogP contribution >= 0.6 is 11.3 Å². The number of aromatic nitrogens is 1. The molecule has 0 saturated carbocycles. The number of carbonyl (C=O) groups is 2. The van der Waals surface area contributed by atoms with E-state index in [1.165, 1.54) is 4.90 Å². The van der Waals surface area contributed by atoms with Gasteiger partial charge < -0.3 is 14.7 Å². The van der Waals surface area contributed by atoms with E-state index in [4.69, 9.17) is 4.74 Å². The largest absolute Gasteiger partial charge is 0.466 e. The maximum Gasteiger partial charge on any atom is 0.424 e. The van der Waals surface area contributed by atoms with Crippen LogP contribution in [0.25, 0.3) is 10.2 Å². The number of benzene rings is 1. The van der Waals surface area contributed by atoms with Crippen molar-refractivity contribution < 1.29 is 32.6 Å². The minimum atomic E-state index is -5.09. The van der Waals surface area contributed by atoms with Crippen molar-refractivity contribution in [1.82, 2.24) is 9.88 Å². The fourth-order valence-electron chi connectivity index (χ4n) is 3.33. The van der Waals surface area contributed by atoms with Gasteiger partial charge in [-0.25, -0.2) is 4.98 Å². The molecular weight excluding hydrogens is 409 g/mol. The lowest BCUT2D eigenvalue weighted by Gasteiger charge is -2.34. The van der Waals surface area contributed by atoms with Crippen LogP contribution in [0.1, 0.15) is 31.2 Å². The number of para-hydroxylation sites is 1. The van der Waals surface area contributed by atoms with Gasteiger partial charge in [0.15, 0.2) is 0 Å². The molecule has 3 rings (SSSR count). The fourth-order valence-corrected chi connectivity index (χ4v) is 4.41. The molecule has 158 valence electrons. The Morgan fingerprint density at radius 1 is 1.34 bits per heavy atom. The van der Waals surface area contributed by atoms with Crippen molar-refractivity contribution in [1.29, 1.82) is 0 Å². The summed E-state index contributed by atoms with van der Waals surface area (Å²) in [5.74, 6) is -1.92. The molecule has 1 amide bonds. The monoisotopic (exact) mass is 430 g/mol. The molecule has 6 nitrogen and oxygen atoms in total. The van der Waals surface area contributed by atoms with Gasteiger partial charge in [-0.2, -0.15) is 13.2 Å². The number of fused-ring (bicyclic) bond motifs is 1. The molecule has 2 heterocycles. The summed E-state index contributed by atoms with van der Waals surface area (Å²) in [6.07, 6.45) is -5.30. The molecule has 1 aliphatic rings. The van der Waals surface area contributed by atoms with E-state index in [1.807, 2.05) is 0 Å². The van der Waals surface area contributed by atoms with Gasteiger partial charge in [0, 0.05) is 13.1 Å². The third-order valence-electron chi connectivity index (χ3n) is 4.92. The molecule has 10 heteroatoms. The Balaban J connectivity index is 1.83. The van der Waals surface area contributed by atoms with Crippen molar-refractivity contribution in [2.75, 3.05) is 19.7 Å². The molecule has 29 heavy (non-hydrogen) atoms. The minimum Gasteiger partial charge on any atom is -0.466 e. The summed E-state index contributed by atoms with van der Waals surface area (Å²) >= 11 is 0.706. The third-order valence-corrected chi connectivity index (χ3v) is 6.11. The van der Waals surface area contributed by atoms with Crippen molar-refractivity contribution in [3.8, 4) is 0 Å². The van der Waals surface area contributed by atoms with Crippen LogP contribution in [0.4, 0.5) is 13.2 Å². The molecule has 0 radical (unpaired) electrons. The maximum atomic E-state index is 13.8. The van der Waals surface area contributed by atoms with Crippen LogP contribution in [0.5, 0.6) is 0 Å². The number of rotatable bonds is 5. The summed E-state index contributed by atoms with van der Waals surface area (Å²) < 4.78 is 46.9. The molecular formula is C19H21F3N2O4S. The highest BCUT2D eigenvalue weighted by molar-refractivity contribution is 7.18. The Hall–Kier alpha value is -2.20. The molecule has 0 spiro atoms. The summed E-state index contributed by atoms with van der Waals surface area (Å²) in [4.78, 5) is 29.7. The number of aliphatic hydroxyl groups is 1. The number of likely N-dealkylation sites (tertiary alicyclic amines) is 1. The molecule has 1 saturated heterocycles. The molecule has 2 atom stereocenters. The lowest BCUT2D eigenvalue weighted by Crippen LogP contribution is -2.49. The second-order valence-corrected chi connectivity index (χ2v) is 7.98. The van der Waals surface area contributed by atoms with E-state index in [-0.39, 0.29) is 19.7 Å². The second-order valence-electron chi connectivity index (χ2n) is 6.95. The number of ether oxygens (including phenoxy) is 1. The number of halogens is 3. The smallest absolute Gasteiger partial charge is 0.424 e. The van der Waals surface area contributed by atoms with E-state index in [2.05, 4.69) is 4.98 Å². The van der Waals surface area contributed by atoms with Crippen LogP contribution in [0.2, 0.25) is 0 Å². The highest BCUT2D eigenvalue weighted by Gasteiger charge is 2.58. The Morgan fingerprint density at radius 3 is 2.72 bits per heavy atom. The Labute approximate surface area is 169 Å². The summed E-state index contributed by atoms with van der Waals surface area (Å²) in [5, 5.41) is 9.99. The average molecular weight is 430 g/mol. The number of thiazole rings is 1. The van der Waals surface area contributed by atoms with Gasteiger partial charge in [-0.1, -0.05) is 12.1 Å². The summed E-state index contributed by atoms with van der Waals surface area (Å²) in [7, 11) is 0. The topological polar surface area (TPSA) is 79.7 Å². The maximum absolute atomic E-state index is 13.8. The SMILES string of the molecule is CCOC(=O)C1CCCN(C(=O)CC(O)(c2nc3ccccc3s2)C(F)(F)F)C1. The van der Waals surface area contributed by atoms with Gasteiger partial charge in [0.2, 0.25) is 11.5 Å². The number of nitrogens with zero attached hydrogens (tertiary/aromatic N) is 2. The molecule has 1 aliphatic heterocycles. The molecule has 2 aromatic rings. The van der Waals surface area contributed by atoms with Crippen LogP contribution in [0.15, 0.2) is 24.3 Å². The molecule has 0 aliphatic carbocycles. The fraction of sp³-hybridized carbons (Fsp3) is 0.526. The zero-order valence-electron chi connectivity index (χ0n) is 15.7. The normalized spacial score (nSPS) is 19.8. The van der Waals surface area contributed by atoms with Crippen molar-refractivity contribution >= 4 is 33.4 Å². The quantitative estimate of drug-likeness (QED) is 0.737. The number of hydrogen-bond acceptors (Lipinski definition) is 6. The zero-order chi connectivity index (χ0) is 21.2. The molecule has 1 N–H and O–H groups in total. The zero-order valence-corrected chi connectivity index (χ0v) is 16.6. The van der Waals surface area contributed by atoms with Crippen molar-refractivity contribution in [3.05, 3.63) is 29.3 Å². The third kappa shape index (κ3) is 4.37. The Bertz CT molecular complexity index is 868. The van der Waals surface area contributed by atoms with E-state index >= 15 is 0 Å². The van der Waals surface area contributed by atoms with Gasteiger partial charge in [0.25, 0.3) is 0 Å². The van der Waals surface area contributed by atoms with E-state index in [0.717, 1.165) is 0 Å². The van der Waals surface area contributed by atoms with Gasteiger partial charge in [0.05, 0.1) is 29.2 Å². The van der Waals surface area contributed by atoms with Gasteiger partial charge in [-0.15, -0.1) is 11.3 Å². The summed E-state index contributed by atoms with van der Waals surface area (Å²) in [5.41, 5.74) is -3.08. The second kappa shape index (κ2) is 8.27. The first-order valence-electron chi connectivity index (χ1n) is 9.25. The van der Waals surface area contributed by atoms with Crippen LogP contribution in [-0.2, 0) is 19.9 Å². The van der Waals surface area contributed by atoms with Gasteiger partial charge in [0.1, 0.15) is 5.01 Å². The highest BCUT2D eigenvalue weighted by atomic mass is 32.1. The van der Waals surface area contributed by atoms with E-state index in [1.54, 1.807) is 31.2 Å². The number of hydrogen-bond donors (Lipinski definition) is 1. The molecule has 2 unspecified atom stereocenters. The standard InChI is InChI=1S/C19H21F3N2O4S/c1-2-28-16(26)12-6-5-9-24(11-12)15(25)10-18(27,19(20,21)22)17-23-13-7-3-4-8-14(13)29-17/h3-4,7-8,12,27H,2,5-6,9-11H2,1H3. The van der Waals surface area contributed by atoms with Gasteiger partial charge in [-0.3, -0.25) is 9.59 Å². The number of carbonyl (C=O) groups excluding carboxylic acids is 2. The van der Waals surface area contributed by atoms with Gasteiger partial charge >= 0.3 is 12.1 Å². The summed E-state index contributed by atoms with van der Waals surface area (Å²) in [6.45, 7) is 2.05. The van der Waals surface area contributed by atoms with Crippen LogP contribution in [0.3, 0.4) is 0 Å². The Kier molecular flexibility index (Phi) is 6.13. The minimum absolute atomic E-state index is 0.0224. The van der Waals surface area contributed by atoms with Crippen LogP contribution < -0.4 is 0 Å². The Morgan fingerprint density at radius 2 is 2.07 bits per heavy atom. The van der Waals surface area contributed by atoms with Crippen LogP contribution in [-0.4, -0.2) is 52.7 Å². The number of esters is 1.